The van der Waals surface area contributed by atoms with Gasteiger partial charge in [-0.15, -0.1) is 0 Å². The second kappa shape index (κ2) is 7.96. The summed E-state index contributed by atoms with van der Waals surface area (Å²) >= 11 is 0. The number of hydrogen-bond acceptors (Lipinski definition) is 3. The minimum Gasteiger partial charge on any atom is -0.497 e. The molecule has 0 saturated heterocycles. The van der Waals surface area contributed by atoms with Gasteiger partial charge in [-0.1, -0.05) is 55.3 Å². The van der Waals surface area contributed by atoms with Crippen LogP contribution in [0.2, 0.25) is 0 Å². The molecule has 0 unspecified atom stereocenters. The number of amides is 1. The van der Waals surface area contributed by atoms with Crippen molar-refractivity contribution in [3.63, 3.8) is 0 Å². The molecule has 2 aromatic carbocycles. The highest BCUT2D eigenvalue weighted by Gasteiger charge is 2.45. The molecule has 2 aromatic rings. The third-order valence-corrected chi connectivity index (χ3v) is 6.60. The van der Waals surface area contributed by atoms with Crippen LogP contribution in [0.1, 0.15) is 55.7 Å². The van der Waals surface area contributed by atoms with E-state index in [2.05, 4.69) is 17.4 Å². The fourth-order valence-corrected chi connectivity index (χ4v) is 4.85. The zero-order valence-electron chi connectivity index (χ0n) is 16.4. The molecule has 2 aliphatic rings. The largest absolute Gasteiger partial charge is 0.497 e. The zero-order valence-corrected chi connectivity index (χ0v) is 16.4. The topological polar surface area (TPSA) is 58.6 Å². The Kier molecular flexibility index (Phi) is 5.40. The molecule has 4 rings (SSSR count). The van der Waals surface area contributed by atoms with Gasteiger partial charge in [0.1, 0.15) is 5.75 Å². The molecule has 0 radical (unpaired) electrons. The summed E-state index contributed by atoms with van der Waals surface area (Å²) in [6.45, 7) is 0. The zero-order chi connectivity index (χ0) is 19.6. The Labute approximate surface area is 166 Å². The first-order valence-electron chi connectivity index (χ1n) is 10.3. The minimum absolute atomic E-state index is 0.0483. The molecule has 2 saturated carbocycles. The number of nitrogens with one attached hydrogen (secondary N) is 1. The second-order valence-corrected chi connectivity index (χ2v) is 8.26. The van der Waals surface area contributed by atoms with Crippen LogP contribution in [0.15, 0.2) is 54.6 Å². The van der Waals surface area contributed by atoms with Crippen molar-refractivity contribution in [3.8, 4) is 5.75 Å². The third-order valence-electron chi connectivity index (χ3n) is 6.60. The molecule has 2 fully saturated rings. The predicted molar refractivity (Wildman–Crippen MR) is 109 cm³/mol. The molecule has 1 amide bonds. The van der Waals surface area contributed by atoms with Gasteiger partial charge in [0.25, 0.3) is 0 Å². The molecular weight excluding hydrogens is 350 g/mol. The lowest BCUT2D eigenvalue weighted by molar-refractivity contribution is -0.128. The van der Waals surface area contributed by atoms with Crippen molar-refractivity contribution < 1.29 is 14.6 Å². The molecule has 28 heavy (non-hydrogen) atoms. The predicted octanol–water partition coefficient (Wildman–Crippen LogP) is 4.14. The minimum atomic E-state index is -0.471. The van der Waals surface area contributed by atoms with Gasteiger partial charge >= 0.3 is 0 Å². The van der Waals surface area contributed by atoms with Crippen LogP contribution in [0, 0.1) is 5.92 Å². The van der Waals surface area contributed by atoms with Crippen molar-refractivity contribution in [2.75, 3.05) is 7.11 Å². The van der Waals surface area contributed by atoms with E-state index in [1.54, 1.807) is 7.11 Å². The van der Waals surface area contributed by atoms with Gasteiger partial charge in [-0.05, 0) is 54.9 Å². The highest BCUT2D eigenvalue weighted by Crippen LogP contribution is 2.44. The summed E-state index contributed by atoms with van der Waals surface area (Å²) in [5.74, 6) is 1.21. The number of carbonyl (C=O) groups excluding carboxylic acids is 1. The maximum Gasteiger partial charge on any atom is 0.231 e. The number of rotatable bonds is 6. The summed E-state index contributed by atoms with van der Waals surface area (Å²) in [4.78, 5) is 13.6. The summed E-state index contributed by atoms with van der Waals surface area (Å²) in [7, 11) is 1.66. The molecule has 0 heterocycles. The quantitative estimate of drug-likeness (QED) is 0.793. The van der Waals surface area contributed by atoms with Crippen molar-refractivity contribution in [3.05, 3.63) is 65.7 Å². The lowest BCUT2D eigenvalue weighted by Gasteiger charge is -2.40. The normalized spacial score (nSPS) is 24.2. The first kappa shape index (κ1) is 19.0. The van der Waals surface area contributed by atoms with E-state index in [1.165, 1.54) is 0 Å². The van der Waals surface area contributed by atoms with E-state index in [0.717, 1.165) is 55.4 Å². The van der Waals surface area contributed by atoms with Crippen LogP contribution in [-0.2, 0) is 10.2 Å². The van der Waals surface area contributed by atoms with E-state index < -0.39 is 5.41 Å². The molecule has 0 aliphatic heterocycles. The van der Waals surface area contributed by atoms with Crippen LogP contribution in [0.25, 0.3) is 0 Å². The summed E-state index contributed by atoms with van der Waals surface area (Å²) in [5.41, 5.74) is 1.72. The Hall–Kier alpha value is -2.33. The van der Waals surface area contributed by atoms with Crippen LogP contribution >= 0.6 is 0 Å². The van der Waals surface area contributed by atoms with Gasteiger partial charge in [0.2, 0.25) is 5.91 Å². The van der Waals surface area contributed by atoms with E-state index in [9.17, 15) is 9.90 Å². The van der Waals surface area contributed by atoms with Crippen LogP contribution in [0.3, 0.4) is 0 Å². The molecule has 2 aliphatic carbocycles. The van der Waals surface area contributed by atoms with Crippen molar-refractivity contribution in [2.24, 2.45) is 5.92 Å². The third kappa shape index (κ3) is 3.53. The number of aliphatic hydroxyl groups is 1. The SMILES string of the molecule is COc1ccc(C2(C(=O)N[C@H](c3ccccc3)C3CC(O)C3)CCCC2)cc1. The van der Waals surface area contributed by atoms with Gasteiger partial charge in [0.15, 0.2) is 0 Å². The maximum absolute atomic E-state index is 13.6. The molecule has 0 aromatic heterocycles. The Morgan fingerprint density at radius 3 is 2.29 bits per heavy atom. The summed E-state index contributed by atoms with van der Waals surface area (Å²) in [6.07, 6.45) is 5.13. The van der Waals surface area contributed by atoms with E-state index >= 15 is 0 Å². The van der Waals surface area contributed by atoms with Crippen LogP contribution < -0.4 is 10.1 Å². The van der Waals surface area contributed by atoms with Crippen LogP contribution in [-0.4, -0.2) is 24.2 Å². The highest BCUT2D eigenvalue weighted by molar-refractivity contribution is 5.89. The van der Waals surface area contributed by atoms with E-state index in [0.29, 0.717) is 0 Å². The smallest absolute Gasteiger partial charge is 0.231 e. The molecule has 2 N–H and O–H groups in total. The van der Waals surface area contributed by atoms with E-state index in [-0.39, 0.29) is 24.0 Å². The Morgan fingerprint density at radius 2 is 1.71 bits per heavy atom. The van der Waals surface area contributed by atoms with Crippen molar-refractivity contribution >= 4 is 5.91 Å². The summed E-state index contributed by atoms with van der Waals surface area (Å²) < 4.78 is 5.29. The first-order valence-corrected chi connectivity index (χ1v) is 10.3. The number of hydrogen-bond donors (Lipinski definition) is 2. The highest BCUT2D eigenvalue weighted by atomic mass is 16.5. The second-order valence-electron chi connectivity index (χ2n) is 8.26. The number of methoxy groups -OCH3 is 1. The number of aliphatic hydroxyl groups excluding tert-OH is 1. The van der Waals surface area contributed by atoms with Crippen molar-refractivity contribution in [2.45, 2.75) is 56.1 Å². The fourth-order valence-electron chi connectivity index (χ4n) is 4.85. The molecule has 0 bridgehead atoms. The summed E-state index contributed by atoms with van der Waals surface area (Å²) in [5, 5.41) is 13.2. The van der Waals surface area contributed by atoms with Gasteiger partial charge in [-0.25, -0.2) is 0 Å². The first-order chi connectivity index (χ1) is 13.6. The van der Waals surface area contributed by atoms with Crippen molar-refractivity contribution in [1.29, 1.82) is 0 Å². The number of carbonyl (C=O) groups is 1. The van der Waals surface area contributed by atoms with Crippen molar-refractivity contribution in [1.82, 2.24) is 5.32 Å². The Balaban J connectivity index is 1.60. The molecule has 1 atom stereocenters. The molecular formula is C24H29NO3. The standard InChI is InChI=1S/C24H29NO3/c1-28-21-11-9-19(10-12-21)24(13-5-6-14-24)23(27)25-22(18-15-20(26)16-18)17-7-3-2-4-8-17/h2-4,7-12,18,20,22,26H,5-6,13-16H2,1H3,(H,25,27)/t18?,20?,22-/m1/s1. The van der Waals surface area contributed by atoms with Crippen LogP contribution in [0.5, 0.6) is 5.75 Å². The van der Waals surface area contributed by atoms with E-state index in [1.807, 2.05) is 42.5 Å². The Bertz CT molecular complexity index is 790. The molecule has 4 heteroatoms. The van der Waals surface area contributed by atoms with Gasteiger partial charge in [-0.3, -0.25) is 4.79 Å². The van der Waals surface area contributed by atoms with Crippen LogP contribution in [0.4, 0.5) is 0 Å². The number of ether oxygens (including phenoxy) is 1. The van der Waals surface area contributed by atoms with Gasteiger partial charge in [0, 0.05) is 0 Å². The van der Waals surface area contributed by atoms with Gasteiger partial charge < -0.3 is 15.2 Å². The van der Waals surface area contributed by atoms with Gasteiger partial charge in [0.05, 0.1) is 24.7 Å². The molecule has 0 spiro atoms. The lowest BCUT2D eigenvalue weighted by Crippen LogP contribution is -2.48. The molecule has 148 valence electrons. The fraction of sp³-hybridized carbons (Fsp3) is 0.458. The maximum atomic E-state index is 13.6. The average Bonchev–Trinajstić information content (AvgIpc) is 3.22. The summed E-state index contributed by atoms with van der Waals surface area (Å²) in [6, 6.07) is 18.1. The number of benzene rings is 2. The molecule has 4 nitrogen and oxygen atoms in total. The lowest BCUT2D eigenvalue weighted by atomic mass is 9.73. The Morgan fingerprint density at radius 1 is 1.07 bits per heavy atom. The van der Waals surface area contributed by atoms with Gasteiger partial charge in [-0.2, -0.15) is 0 Å². The van der Waals surface area contributed by atoms with E-state index in [4.69, 9.17) is 4.74 Å². The average molecular weight is 380 g/mol. The monoisotopic (exact) mass is 379 g/mol.